The number of nitrogens with zero attached hydrogens (tertiary/aromatic N) is 6. The minimum atomic E-state index is -0.713. The van der Waals surface area contributed by atoms with E-state index in [0.717, 1.165) is 86.0 Å². The molecule has 14 nitrogen and oxygen atoms in total. The zero-order chi connectivity index (χ0) is 74.7. The Kier molecular flexibility index (Phi) is 24.0. The Bertz CT molecular complexity index is 5750. The van der Waals surface area contributed by atoms with Gasteiger partial charge in [0, 0.05) is 12.4 Å². The fourth-order valence-corrected chi connectivity index (χ4v) is 12.6. The number of pyridine rings is 6. The molecule has 15 rings (SSSR count). The molecule has 111 heavy (non-hydrogen) atoms. The topological polar surface area (TPSA) is 183 Å². The molecule has 0 saturated heterocycles. The SMILES string of the molecule is CCc1cc[c-]c(-c2ccc(OC(=O)c3cc(C(=O)Oc4ccc(-c5[c-]ccc(C)c5)nc4)cc(-c4ccccc4-c4ccc(-c5[c-]cc(-c6ccc(-c7ccccc7-c7cc(C(=O)Oc8ccc(-c9[c-]ccc(CC)c9)nc8)cc(C(=O)Oc8ccc(-c9[c-]ccc(CC)c9)nc8)c7)cn6)[c-]c5)nc4)c3)cn2)c1.[Ir+3].[Ir+3]. The molecule has 0 aliphatic carbocycles. The van der Waals surface area contributed by atoms with Gasteiger partial charge < -0.3 is 48.9 Å². The average Bonchev–Trinajstić information content (AvgIpc) is 0.789. The predicted molar refractivity (Wildman–Crippen MR) is 419 cm³/mol. The number of carbonyl (C=O) groups is 4. The van der Waals surface area contributed by atoms with Crippen molar-refractivity contribution in [1.82, 2.24) is 29.9 Å². The molecule has 0 atom stereocenters. The fraction of sp³-hybridized carbons (Fsp3) is 0.0737. The van der Waals surface area contributed by atoms with Gasteiger partial charge in [-0.15, -0.1) is 142 Å². The third-order valence-corrected chi connectivity index (χ3v) is 18.4. The third-order valence-electron chi connectivity index (χ3n) is 18.4. The van der Waals surface area contributed by atoms with Crippen LogP contribution in [0.4, 0.5) is 0 Å². The van der Waals surface area contributed by atoms with Crippen molar-refractivity contribution in [2.45, 2.75) is 47.0 Å². The van der Waals surface area contributed by atoms with Crippen LogP contribution in [0.25, 0.3) is 112 Å². The summed E-state index contributed by atoms with van der Waals surface area (Å²) >= 11 is 0. The molecule has 15 aromatic rings. The number of aromatic nitrogens is 6. The van der Waals surface area contributed by atoms with Gasteiger partial charge in [0.25, 0.3) is 0 Å². The van der Waals surface area contributed by atoms with Crippen molar-refractivity contribution in [2.24, 2.45) is 0 Å². The standard InChI is InChI=1S/C95H64N6O8.2Ir/c1-5-61-17-13-21-67(45-61)89-41-35-79(57-99-89)107-93(103)75-49-72(48-74(52-75)92(102)106-78-34-40-88(98-56-78)66-20-12-16-60(4)44-66)84-26-10-8-24-82(84)70-32-38-86(96-54-70)64-28-30-65(31-29-64)87-39-33-71(55-97-87)83-25-9-11-27-85(83)73-50-76(94(104)108-80-36-42-90(100-58-80)68-22-14-18-62(6-2)46-68)53-77(51-73)95(105)109-81-37-43-91(101-59-81)69-23-15-19-63(7-3)47-69;;/h8-19,24-28,31-59H,5-7H2,1-4H3;;/q-6;2*+3. The molecular weight excluding hydrogens is 1740 g/mol. The number of hydrogen-bond acceptors (Lipinski definition) is 14. The van der Waals surface area contributed by atoms with Gasteiger partial charge in [-0.1, -0.05) is 136 Å². The van der Waals surface area contributed by atoms with E-state index in [1.165, 1.54) is 36.9 Å². The first-order valence-electron chi connectivity index (χ1n) is 35.4. The van der Waals surface area contributed by atoms with Crippen LogP contribution in [0.3, 0.4) is 0 Å². The summed E-state index contributed by atoms with van der Waals surface area (Å²) in [7, 11) is 0. The molecule has 0 bridgehead atoms. The van der Waals surface area contributed by atoms with Crippen LogP contribution in [0.2, 0.25) is 0 Å². The Labute approximate surface area is 670 Å². The Balaban J connectivity index is 0.00000540. The number of benzene rings is 9. The smallest absolute Gasteiger partial charge is 0.421 e. The minimum Gasteiger partial charge on any atom is -0.421 e. The third kappa shape index (κ3) is 17.9. The van der Waals surface area contributed by atoms with Gasteiger partial charge in [-0.05, 0) is 147 Å². The van der Waals surface area contributed by atoms with E-state index in [0.29, 0.717) is 67.5 Å². The number of ether oxygens (including phenoxy) is 4. The Hall–Kier alpha value is -12.9. The quantitative estimate of drug-likeness (QED) is 0.0489. The molecule has 540 valence electrons. The maximum absolute atomic E-state index is 14.3. The van der Waals surface area contributed by atoms with Gasteiger partial charge in [0.05, 0.1) is 47.0 Å². The van der Waals surface area contributed by atoms with Crippen molar-refractivity contribution in [3.05, 3.63) is 361 Å². The molecule has 0 amide bonds. The molecule has 9 aromatic carbocycles. The van der Waals surface area contributed by atoms with Gasteiger partial charge in [-0.25, -0.2) is 54.6 Å². The molecule has 0 N–H and O–H groups in total. The summed E-state index contributed by atoms with van der Waals surface area (Å²) in [5, 5.41) is 0. The van der Waals surface area contributed by atoms with Gasteiger partial charge >= 0.3 is 64.1 Å². The molecule has 0 aliphatic heterocycles. The number of hydrogen-bond donors (Lipinski definition) is 0. The van der Waals surface area contributed by atoms with Crippen molar-refractivity contribution in [3.8, 4) is 135 Å². The Morgan fingerprint density at radius 1 is 0.288 bits per heavy atom. The predicted octanol–water partition coefficient (Wildman–Crippen LogP) is 20.4. The van der Waals surface area contributed by atoms with Crippen LogP contribution in [-0.4, -0.2) is 53.8 Å². The van der Waals surface area contributed by atoms with Gasteiger partial charge in [0.2, 0.25) is 0 Å². The average molecular weight is 1800 g/mol. The second-order valence-electron chi connectivity index (χ2n) is 25.7. The maximum atomic E-state index is 14.3. The largest absolute Gasteiger partial charge is 3.00 e. The van der Waals surface area contributed by atoms with E-state index in [1.54, 1.807) is 85.2 Å². The number of rotatable bonds is 21. The number of esters is 4. The Morgan fingerprint density at radius 2 is 0.568 bits per heavy atom. The van der Waals surface area contributed by atoms with E-state index in [9.17, 15) is 19.2 Å². The van der Waals surface area contributed by atoms with Crippen LogP contribution in [0.1, 0.15) is 84.5 Å². The first-order chi connectivity index (χ1) is 53.3. The first kappa shape index (κ1) is 76.3. The molecule has 0 unspecified atom stereocenters. The molecular formula is C95H64Ir2N6O8. The molecule has 0 spiro atoms. The van der Waals surface area contributed by atoms with Crippen molar-refractivity contribution in [2.75, 3.05) is 0 Å². The van der Waals surface area contributed by atoms with E-state index >= 15 is 0 Å². The second kappa shape index (κ2) is 35.0. The molecule has 6 aromatic heterocycles. The Morgan fingerprint density at radius 3 is 0.838 bits per heavy atom. The summed E-state index contributed by atoms with van der Waals surface area (Å²) in [6.45, 7) is 8.24. The first-order valence-corrected chi connectivity index (χ1v) is 35.4. The monoisotopic (exact) mass is 1800 g/mol. The molecule has 16 heteroatoms. The van der Waals surface area contributed by atoms with Crippen LogP contribution in [-0.2, 0) is 59.5 Å². The van der Waals surface area contributed by atoms with E-state index < -0.39 is 23.9 Å². The molecule has 0 radical (unpaired) electrons. The van der Waals surface area contributed by atoms with E-state index in [2.05, 4.69) is 77.1 Å². The van der Waals surface area contributed by atoms with Crippen molar-refractivity contribution in [1.29, 1.82) is 0 Å². The maximum Gasteiger partial charge on any atom is 3.00 e. The van der Waals surface area contributed by atoms with Gasteiger partial charge in [-0.2, -0.15) is 0 Å². The second-order valence-corrected chi connectivity index (χ2v) is 25.7. The summed E-state index contributed by atoms with van der Waals surface area (Å²) in [6, 6.07) is 93.3. The van der Waals surface area contributed by atoms with E-state index in [-0.39, 0.29) is 85.5 Å². The summed E-state index contributed by atoms with van der Waals surface area (Å²) in [5.41, 5.74) is 19.1. The summed E-state index contributed by atoms with van der Waals surface area (Å²) in [5.74, 6) is -2.00. The fourth-order valence-electron chi connectivity index (χ4n) is 12.6. The normalized spacial score (nSPS) is 10.8. The zero-order valence-corrected chi connectivity index (χ0v) is 65.1. The molecule has 0 aliphatic rings. The summed E-state index contributed by atoms with van der Waals surface area (Å²) in [4.78, 5) is 85.1. The van der Waals surface area contributed by atoms with Gasteiger partial charge in [0.15, 0.2) is 0 Å². The van der Waals surface area contributed by atoms with Crippen LogP contribution in [0.5, 0.6) is 23.0 Å². The van der Waals surface area contributed by atoms with Crippen molar-refractivity contribution >= 4 is 23.9 Å². The van der Waals surface area contributed by atoms with E-state index in [4.69, 9.17) is 28.9 Å². The van der Waals surface area contributed by atoms with Crippen LogP contribution < -0.4 is 18.9 Å². The summed E-state index contributed by atoms with van der Waals surface area (Å²) in [6.07, 6.45) is 12.1. The van der Waals surface area contributed by atoms with Gasteiger partial charge in [0.1, 0.15) is 23.0 Å². The van der Waals surface area contributed by atoms with Gasteiger partial charge in [-0.3, -0.25) is 0 Å². The molecule has 0 fully saturated rings. The minimum absolute atomic E-state index is 0. The van der Waals surface area contributed by atoms with Crippen LogP contribution >= 0.6 is 0 Å². The number of aryl methyl sites for hydroxylation is 4. The van der Waals surface area contributed by atoms with Crippen LogP contribution in [0, 0.1) is 43.3 Å². The van der Waals surface area contributed by atoms with Crippen LogP contribution in [0.15, 0.2) is 280 Å². The van der Waals surface area contributed by atoms with Crippen molar-refractivity contribution in [3.63, 3.8) is 0 Å². The summed E-state index contributed by atoms with van der Waals surface area (Å²) < 4.78 is 23.7. The molecule has 0 saturated carbocycles. The zero-order valence-electron chi connectivity index (χ0n) is 60.3. The van der Waals surface area contributed by atoms with E-state index in [1.807, 2.05) is 165 Å². The van der Waals surface area contributed by atoms with Crippen molar-refractivity contribution < 1.29 is 78.3 Å². The number of carbonyl (C=O) groups excluding carboxylic acids is 4. The molecule has 6 heterocycles.